The lowest BCUT2D eigenvalue weighted by Gasteiger charge is -2.16. The molecule has 0 aliphatic carbocycles. The van der Waals surface area contributed by atoms with Gasteiger partial charge in [0.1, 0.15) is 0 Å². The van der Waals surface area contributed by atoms with Crippen LogP contribution in [0.4, 0.5) is 13.2 Å². The highest BCUT2D eigenvalue weighted by Gasteiger charge is 2.36. The van der Waals surface area contributed by atoms with Gasteiger partial charge in [0, 0.05) is 0 Å². The van der Waals surface area contributed by atoms with E-state index in [0.29, 0.717) is 5.56 Å². The van der Waals surface area contributed by atoms with Crippen molar-refractivity contribution in [2.24, 2.45) is 0 Å². The predicted molar refractivity (Wildman–Crippen MR) is 50.4 cm³/mol. The van der Waals surface area contributed by atoms with Gasteiger partial charge in [-0.15, -0.1) is 0 Å². The van der Waals surface area contributed by atoms with E-state index in [1.54, 1.807) is 18.2 Å². The maximum Gasteiger partial charge on any atom is 0.395 e. The summed E-state index contributed by atoms with van der Waals surface area (Å²) in [6, 6.07) is 4.88. The van der Waals surface area contributed by atoms with E-state index in [1.807, 2.05) is 13.8 Å². The Kier molecular flexibility index (Phi) is 2.88. The molecular formula is C11H13F3. The Balaban J connectivity index is 3.03. The number of aryl methyl sites for hydroxylation is 2. The van der Waals surface area contributed by atoms with Crippen molar-refractivity contribution in [2.45, 2.75) is 32.9 Å². The first kappa shape index (κ1) is 11.1. The summed E-state index contributed by atoms with van der Waals surface area (Å²) in [6.07, 6.45) is -4.15. The Morgan fingerprint density at radius 1 is 1.07 bits per heavy atom. The summed E-state index contributed by atoms with van der Waals surface area (Å²) in [6.45, 7) is 4.89. The van der Waals surface area contributed by atoms with Crippen LogP contribution in [0.5, 0.6) is 0 Å². The SMILES string of the molecule is Cc1ccc([C@@H](C)C(F)(F)F)cc1C. The molecule has 0 radical (unpaired) electrons. The van der Waals surface area contributed by atoms with Gasteiger partial charge in [0.15, 0.2) is 0 Å². The molecule has 0 aliphatic rings. The fourth-order valence-corrected chi connectivity index (χ4v) is 1.22. The zero-order chi connectivity index (χ0) is 10.9. The van der Waals surface area contributed by atoms with Crippen LogP contribution in [0.3, 0.4) is 0 Å². The molecule has 0 nitrogen and oxygen atoms in total. The monoisotopic (exact) mass is 202 g/mol. The fraction of sp³-hybridized carbons (Fsp3) is 0.455. The molecule has 0 heterocycles. The molecule has 0 spiro atoms. The van der Waals surface area contributed by atoms with Gasteiger partial charge in [0.05, 0.1) is 5.92 Å². The van der Waals surface area contributed by atoms with Crippen LogP contribution in [-0.2, 0) is 0 Å². The lowest BCUT2D eigenvalue weighted by atomic mass is 9.97. The average molecular weight is 202 g/mol. The molecule has 0 saturated heterocycles. The van der Waals surface area contributed by atoms with Crippen LogP contribution in [0.1, 0.15) is 29.5 Å². The molecule has 3 heteroatoms. The first-order valence-corrected chi connectivity index (χ1v) is 4.46. The first-order valence-electron chi connectivity index (χ1n) is 4.46. The largest absolute Gasteiger partial charge is 0.395 e. The van der Waals surface area contributed by atoms with E-state index in [4.69, 9.17) is 0 Å². The van der Waals surface area contributed by atoms with Crippen molar-refractivity contribution in [3.05, 3.63) is 34.9 Å². The Morgan fingerprint density at radius 3 is 2.07 bits per heavy atom. The quantitative estimate of drug-likeness (QED) is 0.646. The number of hydrogen-bond donors (Lipinski definition) is 0. The van der Waals surface area contributed by atoms with Crippen LogP contribution in [0.15, 0.2) is 18.2 Å². The standard InChI is InChI=1S/C11H13F3/c1-7-4-5-10(6-8(7)2)9(3)11(12,13)14/h4-6,9H,1-3H3/t9-/m1/s1. The maximum absolute atomic E-state index is 12.4. The molecule has 1 rings (SSSR count). The van der Waals surface area contributed by atoms with Gasteiger partial charge in [-0.25, -0.2) is 0 Å². The molecular weight excluding hydrogens is 189 g/mol. The van der Waals surface area contributed by atoms with E-state index in [1.165, 1.54) is 6.92 Å². The molecule has 0 unspecified atom stereocenters. The van der Waals surface area contributed by atoms with E-state index in [9.17, 15) is 13.2 Å². The van der Waals surface area contributed by atoms with Gasteiger partial charge in [-0.1, -0.05) is 18.2 Å². The van der Waals surface area contributed by atoms with E-state index < -0.39 is 12.1 Å². The highest BCUT2D eigenvalue weighted by Crippen LogP contribution is 2.34. The van der Waals surface area contributed by atoms with Gasteiger partial charge in [0.2, 0.25) is 0 Å². The molecule has 1 aromatic rings. The minimum Gasteiger partial charge on any atom is -0.170 e. The maximum atomic E-state index is 12.4. The van der Waals surface area contributed by atoms with Crippen molar-refractivity contribution < 1.29 is 13.2 Å². The number of benzene rings is 1. The van der Waals surface area contributed by atoms with E-state index in [-0.39, 0.29) is 0 Å². The summed E-state index contributed by atoms with van der Waals surface area (Å²) in [5.74, 6) is -1.39. The first-order chi connectivity index (χ1) is 6.32. The van der Waals surface area contributed by atoms with Gasteiger partial charge >= 0.3 is 6.18 Å². The summed E-state index contributed by atoms with van der Waals surface area (Å²) < 4.78 is 37.1. The molecule has 0 bridgehead atoms. The smallest absolute Gasteiger partial charge is 0.170 e. The van der Waals surface area contributed by atoms with Crippen LogP contribution in [-0.4, -0.2) is 6.18 Å². The van der Waals surface area contributed by atoms with Gasteiger partial charge in [-0.05, 0) is 37.5 Å². The van der Waals surface area contributed by atoms with Crippen LogP contribution >= 0.6 is 0 Å². The Labute approximate surface area is 81.8 Å². The summed E-state index contributed by atoms with van der Waals surface area (Å²) >= 11 is 0. The predicted octanol–water partition coefficient (Wildman–Crippen LogP) is 3.97. The Bertz CT molecular complexity index is 326. The number of hydrogen-bond acceptors (Lipinski definition) is 0. The second-order valence-electron chi connectivity index (χ2n) is 3.61. The number of rotatable bonds is 1. The van der Waals surface area contributed by atoms with E-state index in [0.717, 1.165) is 11.1 Å². The Hall–Kier alpha value is -0.990. The van der Waals surface area contributed by atoms with Crippen LogP contribution in [0.25, 0.3) is 0 Å². The molecule has 0 aliphatic heterocycles. The fourth-order valence-electron chi connectivity index (χ4n) is 1.22. The van der Waals surface area contributed by atoms with E-state index >= 15 is 0 Å². The molecule has 0 saturated carbocycles. The normalized spacial score (nSPS) is 14.1. The van der Waals surface area contributed by atoms with Crippen molar-refractivity contribution in [2.75, 3.05) is 0 Å². The van der Waals surface area contributed by atoms with Crippen molar-refractivity contribution in [3.63, 3.8) is 0 Å². The average Bonchev–Trinajstić information content (AvgIpc) is 2.07. The molecule has 1 aromatic carbocycles. The zero-order valence-corrected chi connectivity index (χ0v) is 8.44. The Morgan fingerprint density at radius 2 is 1.64 bits per heavy atom. The third kappa shape index (κ3) is 2.28. The summed E-state index contributed by atoms with van der Waals surface area (Å²) in [4.78, 5) is 0. The highest BCUT2D eigenvalue weighted by atomic mass is 19.4. The molecule has 0 amide bonds. The summed E-state index contributed by atoms with van der Waals surface area (Å²) in [5.41, 5.74) is 2.25. The molecule has 14 heavy (non-hydrogen) atoms. The zero-order valence-electron chi connectivity index (χ0n) is 8.44. The minimum atomic E-state index is -4.15. The minimum absolute atomic E-state index is 0.334. The lowest BCUT2D eigenvalue weighted by molar-refractivity contribution is -0.146. The van der Waals surface area contributed by atoms with Gasteiger partial charge in [0.25, 0.3) is 0 Å². The van der Waals surface area contributed by atoms with E-state index in [2.05, 4.69) is 0 Å². The van der Waals surface area contributed by atoms with Gasteiger partial charge in [-0.2, -0.15) is 13.2 Å². The van der Waals surface area contributed by atoms with Crippen LogP contribution in [0.2, 0.25) is 0 Å². The summed E-state index contributed by atoms with van der Waals surface area (Å²) in [5, 5.41) is 0. The second-order valence-corrected chi connectivity index (χ2v) is 3.61. The van der Waals surface area contributed by atoms with Gasteiger partial charge < -0.3 is 0 Å². The van der Waals surface area contributed by atoms with Crippen LogP contribution < -0.4 is 0 Å². The number of alkyl halides is 3. The molecule has 0 fully saturated rings. The van der Waals surface area contributed by atoms with Crippen LogP contribution in [0, 0.1) is 13.8 Å². The third-order valence-corrected chi connectivity index (χ3v) is 2.52. The molecule has 0 aromatic heterocycles. The van der Waals surface area contributed by atoms with Gasteiger partial charge in [-0.3, -0.25) is 0 Å². The van der Waals surface area contributed by atoms with Crippen molar-refractivity contribution >= 4 is 0 Å². The third-order valence-electron chi connectivity index (χ3n) is 2.52. The van der Waals surface area contributed by atoms with Crippen molar-refractivity contribution in [1.82, 2.24) is 0 Å². The highest BCUT2D eigenvalue weighted by molar-refractivity contribution is 5.32. The molecule has 0 N–H and O–H groups in total. The van der Waals surface area contributed by atoms with Crippen molar-refractivity contribution in [1.29, 1.82) is 0 Å². The molecule has 1 atom stereocenters. The topological polar surface area (TPSA) is 0 Å². The molecule has 78 valence electrons. The number of halogens is 3. The lowest BCUT2D eigenvalue weighted by Crippen LogP contribution is -2.17. The van der Waals surface area contributed by atoms with Crippen molar-refractivity contribution in [3.8, 4) is 0 Å². The second kappa shape index (κ2) is 3.64. The summed E-state index contributed by atoms with van der Waals surface area (Å²) in [7, 11) is 0.